The van der Waals surface area contributed by atoms with Crippen LogP contribution in [0.2, 0.25) is 0 Å². The van der Waals surface area contributed by atoms with Crippen molar-refractivity contribution in [3.8, 4) is 0 Å². The molecule has 0 saturated carbocycles. The zero-order chi connectivity index (χ0) is 18.5. The van der Waals surface area contributed by atoms with E-state index in [9.17, 15) is 9.59 Å². The van der Waals surface area contributed by atoms with Gasteiger partial charge < -0.3 is 15.6 Å². The zero-order valence-corrected chi connectivity index (χ0v) is 17.2. The molecule has 1 aromatic heterocycles. The SMILES string of the molecule is CC(N)C1CCCN(C(=O)CCSCc2nc3ccccc3c(=O)[nH]2)C1.Cl. The van der Waals surface area contributed by atoms with Gasteiger partial charge in [-0.3, -0.25) is 9.59 Å². The predicted molar refractivity (Wildman–Crippen MR) is 113 cm³/mol. The zero-order valence-electron chi connectivity index (χ0n) is 15.5. The standard InChI is InChI=1S/C19H26N4O2S.ClH/c1-13(20)14-5-4-9-23(11-14)18(24)8-10-26-12-17-21-16-7-3-2-6-15(16)19(25)22-17;/h2-3,6-7,13-14H,4-5,8-12,20H2,1H3,(H,21,22,25);1H. The maximum absolute atomic E-state index is 12.4. The number of thioether (sulfide) groups is 1. The fourth-order valence-electron chi connectivity index (χ4n) is 3.36. The molecule has 3 rings (SSSR count). The molecular weight excluding hydrogens is 384 g/mol. The average molecular weight is 411 g/mol. The van der Waals surface area contributed by atoms with Crippen LogP contribution in [0.4, 0.5) is 0 Å². The maximum Gasteiger partial charge on any atom is 0.258 e. The number of rotatable bonds is 6. The van der Waals surface area contributed by atoms with Crippen LogP contribution in [0.5, 0.6) is 0 Å². The van der Waals surface area contributed by atoms with Crippen molar-refractivity contribution < 1.29 is 4.79 Å². The highest BCUT2D eigenvalue weighted by molar-refractivity contribution is 7.98. The number of para-hydroxylation sites is 1. The number of likely N-dealkylation sites (tertiary alicyclic amines) is 1. The summed E-state index contributed by atoms with van der Waals surface area (Å²) in [5.41, 5.74) is 6.58. The molecule has 2 unspecified atom stereocenters. The molecule has 148 valence electrons. The molecule has 27 heavy (non-hydrogen) atoms. The molecular formula is C19H27ClN4O2S. The van der Waals surface area contributed by atoms with Crippen molar-refractivity contribution >= 4 is 41.0 Å². The van der Waals surface area contributed by atoms with Crippen molar-refractivity contribution in [2.45, 2.75) is 38.0 Å². The molecule has 1 aliphatic rings. The minimum atomic E-state index is -0.113. The lowest BCUT2D eigenvalue weighted by atomic mass is 9.92. The number of H-pyrrole nitrogens is 1. The van der Waals surface area contributed by atoms with E-state index in [4.69, 9.17) is 5.73 Å². The highest BCUT2D eigenvalue weighted by Crippen LogP contribution is 2.20. The van der Waals surface area contributed by atoms with Gasteiger partial charge >= 0.3 is 0 Å². The third kappa shape index (κ3) is 5.70. The van der Waals surface area contributed by atoms with Crippen LogP contribution in [-0.2, 0) is 10.5 Å². The van der Waals surface area contributed by atoms with E-state index < -0.39 is 0 Å². The number of amides is 1. The largest absolute Gasteiger partial charge is 0.342 e. The first-order valence-corrected chi connectivity index (χ1v) is 10.3. The molecule has 1 aromatic carbocycles. The minimum absolute atomic E-state index is 0. The second kappa shape index (κ2) is 10.1. The molecule has 2 atom stereocenters. The first kappa shape index (κ1) is 21.7. The van der Waals surface area contributed by atoms with Crippen molar-refractivity contribution in [2.75, 3.05) is 18.8 Å². The van der Waals surface area contributed by atoms with Crippen LogP contribution in [0.3, 0.4) is 0 Å². The van der Waals surface area contributed by atoms with Gasteiger partial charge in [0.05, 0.1) is 16.7 Å². The van der Waals surface area contributed by atoms with E-state index in [1.807, 2.05) is 30.0 Å². The number of hydrogen-bond donors (Lipinski definition) is 2. The molecule has 1 aliphatic heterocycles. The van der Waals surface area contributed by atoms with Gasteiger partial charge in [0.1, 0.15) is 5.82 Å². The molecule has 0 spiro atoms. The molecule has 1 saturated heterocycles. The van der Waals surface area contributed by atoms with E-state index in [1.54, 1.807) is 17.8 Å². The molecule has 8 heteroatoms. The van der Waals surface area contributed by atoms with Gasteiger partial charge in [-0.25, -0.2) is 4.98 Å². The number of hydrogen-bond acceptors (Lipinski definition) is 5. The molecule has 6 nitrogen and oxygen atoms in total. The average Bonchev–Trinajstić information content (AvgIpc) is 2.65. The normalized spacial score (nSPS) is 18.1. The number of benzene rings is 1. The Balaban J connectivity index is 0.00000261. The summed E-state index contributed by atoms with van der Waals surface area (Å²) in [5.74, 6) is 2.57. The number of aromatic amines is 1. The smallest absolute Gasteiger partial charge is 0.258 e. The number of carbonyl (C=O) groups excluding carboxylic acids is 1. The number of nitrogens with two attached hydrogens (primary N) is 1. The van der Waals surface area contributed by atoms with E-state index >= 15 is 0 Å². The van der Waals surface area contributed by atoms with Crippen LogP contribution in [0.25, 0.3) is 10.9 Å². The Bertz CT molecular complexity index is 827. The first-order valence-electron chi connectivity index (χ1n) is 9.13. The lowest BCUT2D eigenvalue weighted by Crippen LogP contribution is -2.45. The van der Waals surface area contributed by atoms with Gasteiger partial charge in [-0.15, -0.1) is 12.4 Å². The lowest BCUT2D eigenvalue weighted by molar-refractivity contribution is -0.132. The van der Waals surface area contributed by atoms with E-state index in [1.165, 1.54) is 0 Å². The van der Waals surface area contributed by atoms with Crippen LogP contribution >= 0.6 is 24.2 Å². The van der Waals surface area contributed by atoms with Gasteiger partial charge in [0, 0.05) is 31.3 Å². The van der Waals surface area contributed by atoms with Crippen LogP contribution < -0.4 is 11.3 Å². The summed E-state index contributed by atoms with van der Waals surface area (Å²) < 4.78 is 0. The van der Waals surface area contributed by atoms with Gasteiger partial charge in [0.15, 0.2) is 0 Å². The fourth-order valence-corrected chi connectivity index (χ4v) is 4.15. The van der Waals surface area contributed by atoms with Crippen LogP contribution in [-0.4, -0.2) is 45.7 Å². The van der Waals surface area contributed by atoms with Crippen molar-refractivity contribution in [3.63, 3.8) is 0 Å². The number of piperidine rings is 1. The molecule has 2 heterocycles. The number of nitrogens with zero attached hydrogens (tertiary/aromatic N) is 2. The molecule has 1 amide bonds. The number of fused-ring (bicyclic) bond motifs is 1. The van der Waals surface area contributed by atoms with Gasteiger partial charge in [0.25, 0.3) is 5.56 Å². The van der Waals surface area contributed by atoms with Crippen LogP contribution in [0, 0.1) is 5.92 Å². The Morgan fingerprint density at radius 1 is 1.44 bits per heavy atom. The number of carbonyl (C=O) groups is 1. The third-order valence-electron chi connectivity index (χ3n) is 4.92. The molecule has 0 aliphatic carbocycles. The van der Waals surface area contributed by atoms with Crippen molar-refractivity contribution in [1.82, 2.24) is 14.9 Å². The van der Waals surface area contributed by atoms with E-state index in [0.717, 1.165) is 25.9 Å². The van der Waals surface area contributed by atoms with Crippen molar-refractivity contribution in [3.05, 3.63) is 40.4 Å². The van der Waals surface area contributed by atoms with Gasteiger partial charge in [-0.1, -0.05) is 12.1 Å². The second-order valence-electron chi connectivity index (χ2n) is 6.93. The number of aromatic nitrogens is 2. The molecule has 0 bridgehead atoms. The Morgan fingerprint density at radius 3 is 3.00 bits per heavy atom. The molecule has 2 aromatic rings. The summed E-state index contributed by atoms with van der Waals surface area (Å²) in [6.07, 6.45) is 2.65. The predicted octanol–water partition coefficient (Wildman–Crippen LogP) is 2.55. The summed E-state index contributed by atoms with van der Waals surface area (Å²) in [7, 11) is 0. The highest BCUT2D eigenvalue weighted by Gasteiger charge is 2.25. The molecule has 0 radical (unpaired) electrons. The van der Waals surface area contributed by atoms with Gasteiger partial charge in [-0.2, -0.15) is 11.8 Å². The monoisotopic (exact) mass is 410 g/mol. The molecule has 3 N–H and O–H groups in total. The first-order chi connectivity index (χ1) is 12.5. The Labute approximate surface area is 169 Å². The Hall–Kier alpha value is -1.57. The summed E-state index contributed by atoms with van der Waals surface area (Å²) in [4.78, 5) is 33.7. The third-order valence-corrected chi connectivity index (χ3v) is 5.89. The Morgan fingerprint density at radius 2 is 2.22 bits per heavy atom. The van der Waals surface area contributed by atoms with Crippen molar-refractivity contribution in [1.29, 1.82) is 0 Å². The summed E-state index contributed by atoms with van der Waals surface area (Å²) in [6.45, 7) is 3.64. The van der Waals surface area contributed by atoms with E-state index in [0.29, 0.717) is 40.6 Å². The van der Waals surface area contributed by atoms with E-state index in [-0.39, 0.29) is 29.9 Å². The quantitative estimate of drug-likeness (QED) is 0.714. The minimum Gasteiger partial charge on any atom is -0.342 e. The van der Waals surface area contributed by atoms with Gasteiger partial charge in [0.2, 0.25) is 5.91 Å². The van der Waals surface area contributed by atoms with Gasteiger partial charge in [-0.05, 0) is 37.8 Å². The summed E-state index contributed by atoms with van der Waals surface area (Å²) in [5, 5.41) is 0.602. The molecule has 1 fully saturated rings. The number of nitrogens with one attached hydrogen (secondary N) is 1. The van der Waals surface area contributed by atoms with Crippen molar-refractivity contribution in [2.24, 2.45) is 11.7 Å². The van der Waals surface area contributed by atoms with Crippen LogP contribution in [0.15, 0.2) is 29.1 Å². The van der Waals surface area contributed by atoms with Crippen LogP contribution in [0.1, 0.15) is 32.0 Å². The Kier molecular flexibility index (Phi) is 8.13. The fraction of sp³-hybridized carbons (Fsp3) is 0.526. The summed E-state index contributed by atoms with van der Waals surface area (Å²) in [6, 6.07) is 7.45. The van der Waals surface area contributed by atoms with E-state index in [2.05, 4.69) is 9.97 Å². The highest BCUT2D eigenvalue weighted by atomic mass is 35.5. The number of halogens is 1. The topological polar surface area (TPSA) is 92.1 Å². The second-order valence-corrected chi connectivity index (χ2v) is 8.04. The lowest BCUT2D eigenvalue weighted by Gasteiger charge is -2.34. The maximum atomic E-state index is 12.4. The summed E-state index contributed by atoms with van der Waals surface area (Å²) >= 11 is 1.62.